The maximum atomic E-state index is 12.0. The van der Waals surface area contributed by atoms with Crippen molar-refractivity contribution in [2.75, 3.05) is 165 Å². The molecule has 0 aliphatic rings. The van der Waals surface area contributed by atoms with Gasteiger partial charge < -0.3 is 61.6 Å². The summed E-state index contributed by atoms with van der Waals surface area (Å²) in [7, 11) is 0. The highest BCUT2D eigenvalue weighted by Gasteiger charge is 2.17. The second kappa shape index (κ2) is 47.1. The van der Waals surface area contributed by atoms with Gasteiger partial charge in [-0.3, -0.25) is 4.79 Å². The van der Waals surface area contributed by atoms with E-state index in [0.717, 1.165) is 38.7 Å². The van der Waals surface area contributed by atoms with Gasteiger partial charge in [0.15, 0.2) is 0 Å². The fraction of sp³-hybridized carbons (Fsp3) is 0.974. The normalized spacial score (nSPS) is 12.1. The van der Waals surface area contributed by atoms with Crippen LogP contribution in [-0.2, 0) is 66.4 Å². The number of carbonyl (C=O) groups is 1. The minimum Gasteiger partial charge on any atom is -0.463 e. The van der Waals surface area contributed by atoms with Gasteiger partial charge in [0, 0.05) is 6.61 Å². The monoisotopic (exact) mass is 771 g/mol. The van der Waals surface area contributed by atoms with Gasteiger partial charge in [-0.15, -0.1) is 0 Å². The zero-order valence-corrected chi connectivity index (χ0v) is 33.8. The predicted octanol–water partition coefficient (Wildman–Crippen LogP) is 4.92. The molecule has 0 aliphatic carbocycles. The van der Waals surface area contributed by atoms with E-state index in [1.807, 2.05) is 6.92 Å². The fourth-order valence-corrected chi connectivity index (χ4v) is 4.59. The molecule has 14 nitrogen and oxygen atoms in total. The molecule has 0 aliphatic heterocycles. The molecule has 1 atom stereocenters. The lowest BCUT2D eigenvalue weighted by Gasteiger charge is -2.13. The van der Waals surface area contributed by atoms with Crippen molar-refractivity contribution in [3.63, 3.8) is 0 Å². The molecule has 318 valence electrons. The molecule has 0 N–H and O–H groups in total. The Labute approximate surface area is 321 Å². The first-order chi connectivity index (χ1) is 26.3. The Hall–Kier alpha value is -1.01. The van der Waals surface area contributed by atoms with Crippen LogP contribution in [0.25, 0.3) is 0 Å². The van der Waals surface area contributed by atoms with E-state index in [-0.39, 0.29) is 18.5 Å². The van der Waals surface area contributed by atoms with Crippen LogP contribution < -0.4 is 0 Å². The number of carbonyl (C=O) groups excluding carboxylic acids is 1. The second-order valence-corrected chi connectivity index (χ2v) is 12.2. The molecule has 0 aromatic carbocycles. The van der Waals surface area contributed by atoms with Gasteiger partial charge >= 0.3 is 5.97 Å². The van der Waals surface area contributed by atoms with Crippen molar-refractivity contribution in [3.05, 3.63) is 0 Å². The number of rotatable bonds is 47. The summed E-state index contributed by atoms with van der Waals surface area (Å²) in [6, 6.07) is 0. The molecule has 0 bridgehead atoms. The van der Waals surface area contributed by atoms with Crippen molar-refractivity contribution >= 4 is 5.97 Å². The first-order valence-corrected chi connectivity index (χ1v) is 20.4. The zero-order chi connectivity index (χ0) is 38.4. The number of hydrogen-bond acceptors (Lipinski definition) is 14. The minimum absolute atomic E-state index is 0.00420. The third-order valence-corrected chi connectivity index (χ3v) is 7.69. The van der Waals surface area contributed by atoms with Crippen LogP contribution in [0.15, 0.2) is 0 Å². The number of unbranched alkanes of at least 4 members (excludes halogenated alkanes) is 5. The molecule has 0 radical (unpaired) electrons. The highest BCUT2D eigenvalue weighted by Crippen LogP contribution is 2.14. The minimum atomic E-state index is -0.120. The molecule has 1 unspecified atom stereocenters. The Morgan fingerprint density at radius 1 is 0.321 bits per heavy atom. The van der Waals surface area contributed by atoms with E-state index in [4.69, 9.17) is 61.6 Å². The Balaban J connectivity index is 3.12. The van der Waals surface area contributed by atoms with Crippen molar-refractivity contribution in [2.24, 2.45) is 5.92 Å². The second-order valence-electron chi connectivity index (χ2n) is 12.2. The van der Waals surface area contributed by atoms with Gasteiger partial charge in [-0.2, -0.15) is 0 Å². The Morgan fingerprint density at radius 2 is 0.585 bits per heavy atom. The summed E-state index contributed by atoms with van der Waals surface area (Å²) in [5.74, 6) is -0.124. The van der Waals surface area contributed by atoms with Gasteiger partial charge in [-0.05, 0) is 19.3 Å². The molecule has 0 saturated heterocycles. The third kappa shape index (κ3) is 43.6. The van der Waals surface area contributed by atoms with E-state index >= 15 is 0 Å². The largest absolute Gasteiger partial charge is 0.463 e. The lowest BCUT2D eigenvalue weighted by Crippen LogP contribution is -2.20. The average Bonchev–Trinajstić information content (AvgIpc) is 3.17. The molecule has 0 fully saturated rings. The molecule has 0 rings (SSSR count). The van der Waals surface area contributed by atoms with E-state index in [9.17, 15) is 4.79 Å². The quantitative estimate of drug-likeness (QED) is 0.0612. The number of hydrogen-bond donors (Lipinski definition) is 0. The van der Waals surface area contributed by atoms with Crippen molar-refractivity contribution in [1.82, 2.24) is 0 Å². The molecule has 53 heavy (non-hydrogen) atoms. The lowest BCUT2D eigenvalue weighted by molar-refractivity contribution is -0.150. The third-order valence-electron chi connectivity index (χ3n) is 7.69. The highest BCUT2D eigenvalue weighted by molar-refractivity contribution is 5.72. The average molecular weight is 771 g/mol. The van der Waals surface area contributed by atoms with Crippen LogP contribution in [0.2, 0.25) is 0 Å². The maximum Gasteiger partial charge on any atom is 0.308 e. The SMILES string of the molecule is CCCCCCCOCCOCCOCCOCCOCCOCCOCCOCCOCCOCCOCCOCCOC(=O)C(CC)CCCC. The van der Waals surface area contributed by atoms with Crippen molar-refractivity contribution in [3.8, 4) is 0 Å². The molecule has 0 aromatic rings. The van der Waals surface area contributed by atoms with Gasteiger partial charge in [-0.25, -0.2) is 0 Å². The molecule has 14 heteroatoms. The molecule has 0 amide bonds. The lowest BCUT2D eigenvalue weighted by atomic mass is 10.00. The molecule has 0 aromatic heterocycles. The standard InChI is InChI=1S/C39H78O14/c1-4-7-9-10-11-13-41-14-15-42-16-17-43-18-19-44-20-21-45-22-23-46-24-25-47-26-27-48-28-29-49-30-31-50-32-33-51-34-35-52-36-37-53-39(40)38(6-3)12-8-5-2/h38H,4-37H2,1-3H3. The topological polar surface area (TPSA) is 137 Å². The van der Waals surface area contributed by atoms with Crippen LogP contribution in [0.5, 0.6) is 0 Å². The summed E-state index contributed by atoms with van der Waals surface area (Å²) in [5, 5.41) is 0. The van der Waals surface area contributed by atoms with E-state index in [2.05, 4.69) is 13.8 Å². The Bertz CT molecular complexity index is 691. The van der Waals surface area contributed by atoms with Crippen LogP contribution in [0.3, 0.4) is 0 Å². The van der Waals surface area contributed by atoms with Crippen LogP contribution in [0.4, 0.5) is 0 Å². The highest BCUT2D eigenvalue weighted by atomic mass is 16.6. The first kappa shape index (κ1) is 52.0. The van der Waals surface area contributed by atoms with Crippen LogP contribution in [0, 0.1) is 5.92 Å². The van der Waals surface area contributed by atoms with Crippen LogP contribution in [-0.4, -0.2) is 171 Å². The first-order valence-electron chi connectivity index (χ1n) is 20.4. The van der Waals surface area contributed by atoms with E-state index in [1.165, 1.54) is 25.7 Å². The van der Waals surface area contributed by atoms with Crippen molar-refractivity contribution < 1.29 is 66.4 Å². The Kier molecular flexibility index (Phi) is 46.2. The molecular formula is C39H78O14. The molecular weight excluding hydrogens is 692 g/mol. The van der Waals surface area contributed by atoms with Crippen molar-refractivity contribution in [2.45, 2.75) is 78.6 Å². The number of ether oxygens (including phenoxy) is 13. The predicted molar refractivity (Wildman–Crippen MR) is 203 cm³/mol. The maximum absolute atomic E-state index is 12.0. The molecule has 0 heterocycles. The van der Waals surface area contributed by atoms with Crippen molar-refractivity contribution in [1.29, 1.82) is 0 Å². The summed E-state index contributed by atoms with van der Waals surface area (Å²) in [6.45, 7) is 19.2. The summed E-state index contributed by atoms with van der Waals surface area (Å²) in [4.78, 5) is 12.0. The summed E-state index contributed by atoms with van der Waals surface area (Å²) >= 11 is 0. The van der Waals surface area contributed by atoms with Gasteiger partial charge in [0.1, 0.15) is 6.61 Å². The smallest absolute Gasteiger partial charge is 0.308 e. The van der Waals surface area contributed by atoms with Crippen LogP contribution in [0.1, 0.15) is 78.6 Å². The van der Waals surface area contributed by atoms with Crippen LogP contribution >= 0.6 is 0 Å². The summed E-state index contributed by atoms with van der Waals surface area (Å²) in [5.41, 5.74) is 0. The zero-order valence-electron chi connectivity index (χ0n) is 33.8. The number of esters is 1. The molecule has 0 saturated carbocycles. The summed E-state index contributed by atoms with van der Waals surface area (Å²) < 4.78 is 71.3. The van der Waals surface area contributed by atoms with Gasteiger partial charge in [-0.1, -0.05) is 59.3 Å². The van der Waals surface area contributed by atoms with Gasteiger partial charge in [0.05, 0.1) is 158 Å². The van der Waals surface area contributed by atoms with Gasteiger partial charge in [0.2, 0.25) is 0 Å². The Morgan fingerprint density at radius 3 is 0.868 bits per heavy atom. The van der Waals surface area contributed by atoms with E-state index in [1.54, 1.807) is 0 Å². The fourth-order valence-electron chi connectivity index (χ4n) is 4.59. The van der Waals surface area contributed by atoms with E-state index in [0.29, 0.717) is 152 Å². The van der Waals surface area contributed by atoms with E-state index < -0.39 is 0 Å². The summed E-state index contributed by atoms with van der Waals surface area (Å²) in [6.07, 6.45) is 10.1. The molecule has 0 spiro atoms. The van der Waals surface area contributed by atoms with Gasteiger partial charge in [0.25, 0.3) is 0 Å².